The van der Waals surface area contributed by atoms with Crippen LogP contribution in [0.1, 0.15) is 59.2 Å². The monoisotopic (exact) mass is 602 g/mol. The van der Waals surface area contributed by atoms with Crippen LogP contribution in [0.25, 0.3) is 0 Å². The lowest BCUT2D eigenvalue weighted by Gasteiger charge is -2.27. The molecule has 3 atom stereocenters. The number of rotatable bonds is 12. The summed E-state index contributed by atoms with van der Waals surface area (Å²) in [4.78, 5) is 28.8. The molecule has 2 N–H and O–H groups in total. The number of likely N-dealkylation sites (tertiary alicyclic amines) is 1. The van der Waals surface area contributed by atoms with E-state index in [1.165, 1.54) is 0 Å². The van der Waals surface area contributed by atoms with Gasteiger partial charge in [-0.3, -0.25) is 14.5 Å². The van der Waals surface area contributed by atoms with Crippen LogP contribution in [0.15, 0.2) is 48.5 Å². The van der Waals surface area contributed by atoms with Gasteiger partial charge in [0.25, 0.3) is 0 Å². The van der Waals surface area contributed by atoms with Crippen LogP contribution in [0.5, 0.6) is 17.2 Å². The number of hydrogen-bond donors (Lipinski definition) is 2. The third kappa shape index (κ3) is 6.39. The first-order chi connectivity index (χ1) is 21.2. The molecule has 0 aromatic heterocycles. The van der Waals surface area contributed by atoms with Crippen molar-refractivity contribution in [2.24, 2.45) is 5.92 Å². The maximum Gasteiger partial charge on any atom is 0.309 e. The van der Waals surface area contributed by atoms with E-state index >= 15 is 0 Å². The molecule has 234 valence electrons. The Hall–Kier alpha value is -4.08. The zero-order chi connectivity index (χ0) is 31.4. The molecule has 2 aliphatic rings. The molecule has 1 unspecified atom stereocenters. The second kappa shape index (κ2) is 13.7. The Bertz CT molecular complexity index is 1480. The molecule has 2 heterocycles. The van der Waals surface area contributed by atoms with E-state index in [0.29, 0.717) is 37.0 Å². The fourth-order valence-electron chi connectivity index (χ4n) is 6.66. The number of carboxylic acid groups (broad SMARTS) is 1. The lowest BCUT2D eigenvalue weighted by Crippen LogP contribution is -2.35. The average Bonchev–Trinajstić information content (AvgIpc) is 3.64. The van der Waals surface area contributed by atoms with Gasteiger partial charge in [0.2, 0.25) is 12.7 Å². The SMILES string of the molecule is CCc1cc(C)cc(CC)c1NC(=O)CN1C[C@H](c2ccc3c(c2C)OCO3)C(C(=O)O)[C@@H]1c1ccc(OCCOC)cc1. The largest absolute Gasteiger partial charge is 0.491 e. The third-order valence-corrected chi connectivity index (χ3v) is 8.71. The highest BCUT2D eigenvalue weighted by Gasteiger charge is 2.48. The number of aliphatic carboxylic acids is 1. The lowest BCUT2D eigenvalue weighted by molar-refractivity contribution is -0.143. The van der Waals surface area contributed by atoms with Crippen molar-refractivity contribution in [2.75, 3.05) is 45.5 Å². The summed E-state index contributed by atoms with van der Waals surface area (Å²) in [6.45, 7) is 9.61. The number of methoxy groups -OCH3 is 1. The summed E-state index contributed by atoms with van der Waals surface area (Å²) < 4.78 is 22.1. The maximum absolute atomic E-state index is 13.7. The number of amides is 1. The summed E-state index contributed by atoms with van der Waals surface area (Å²) in [5, 5.41) is 13.9. The fraction of sp³-hybridized carbons (Fsp3) is 0.429. The van der Waals surface area contributed by atoms with Crippen molar-refractivity contribution in [1.82, 2.24) is 4.90 Å². The summed E-state index contributed by atoms with van der Waals surface area (Å²) in [6.07, 6.45) is 1.59. The molecule has 1 amide bonds. The van der Waals surface area contributed by atoms with Crippen LogP contribution >= 0.6 is 0 Å². The number of carboxylic acids is 1. The van der Waals surface area contributed by atoms with Gasteiger partial charge < -0.3 is 29.4 Å². The van der Waals surface area contributed by atoms with Gasteiger partial charge in [-0.2, -0.15) is 0 Å². The second-order valence-corrected chi connectivity index (χ2v) is 11.5. The Balaban J connectivity index is 1.49. The molecule has 0 saturated carbocycles. The summed E-state index contributed by atoms with van der Waals surface area (Å²) in [5.41, 5.74) is 6.76. The van der Waals surface area contributed by atoms with E-state index in [1.54, 1.807) is 7.11 Å². The molecule has 0 spiro atoms. The zero-order valence-corrected chi connectivity index (χ0v) is 26.1. The van der Waals surface area contributed by atoms with Gasteiger partial charge in [-0.15, -0.1) is 0 Å². The van der Waals surface area contributed by atoms with E-state index in [0.717, 1.165) is 51.9 Å². The number of nitrogens with one attached hydrogen (secondary N) is 1. The number of nitrogens with zero attached hydrogens (tertiary/aromatic N) is 1. The average molecular weight is 603 g/mol. The summed E-state index contributed by atoms with van der Waals surface area (Å²) in [7, 11) is 1.62. The Morgan fingerprint density at radius 2 is 1.70 bits per heavy atom. The van der Waals surface area contributed by atoms with Gasteiger partial charge >= 0.3 is 5.97 Å². The summed E-state index contributed by atoms with van der Waals surface area (Å²) >= 11 is 0. The zero-order valence-electron chi connectivity index (χ0n) is 26.1. The van der Waals surface area contributed by atoms with E-state index in [9.17, 15) is 14.7 Å². The predicted molar refractivity (Wildman–Crippen MR) is 168 cm³/mol. The number of hydrogen-bond acceptors (Lipinski definition) is 7. The van der Waals surface area contributed by atoms with Crippen LogP contribution in [-0.2, 0) is 27.2 Å². The van der Waals surface area contributed by atoms with Crippen molar-refractivity contribution in [3.05, 3.63) is 81.9 Å². The number of ether oxygens (including phenoxy) is 4. The highest BCUT2D eigenvalue weighted by Crippen LogP contribution is 2.49. The van der Waals surface area contributed by atoms with Crippen molar-refractivity contribution in [1.29, 1.82) is 0 Å². The molecular formula is C35H42N2O7. The summed E-state index contributed by atoms with van der Waals surface area (Å²) in [6, 6.07) is 14.9. The smallest absolute Gasteiger partial charge is 0.309 e. The number of carbonyl (C=O) groups is 2. The molecule has 9 heteroatoms. The minimum atomic E-state index is -0.916. The van der Waals surface area contributed by atoms with Gasteiger partial charge in [-0.1, -0.05) is 49.7 Å². The predicted octanol–water partition coefficient (Wildman–Crippen LogP) is 5.66. The van der Waals surface area contributed by atoms with Crippen LogP contribution in [0, 0.1) is 19.8 Å². The molecule has 5 rings (SSSR count). The molecular weight excluding hydrogens is 560 g/mol. The molecule has 3 aromatic rings. The van der Waals surface area contributed by atoms with Crippen LogP contribution < -0.4 is 19.5 Å². The van der Waals surface area contributed by atoms with E-state index in [-0.39, 0.29) is 25.2 Å². The van der Waals surface area contributed by atoms with Gasteiger partial charge in [0.15, 0.2) is 11.5 Å². The molecule has 2 aliphatic heterocycles. The number of fused-ring (bicyclic) bond motifs is 1. The minimum absolute atomic E-state index is 0.0425. The standard InChI is InChI=1S/C35H42N2O7/c1-6-23-16-21(3)17-24(7-2)32(23)36-30(38)19-37-18-28(27-12-13-29-34(22(27)4)44-20-43-29)31(35(39)40)33(37)25-8-10-26(11-9-25)42-15-14-41-5/h8-13,16-17,28,31,33H,6-7,14-15,18-20H2,1-5H3,(H,36,38)(H,39,40)/t28-,31?,33+/m1/s1. The first-order valence-electron chi connectivity index (χ1n) is 15.3. The number of benzene rings is 3. The minimum Gasteiger partial charge on any atom is -0.491 e. The Morgan fingerprint density at radius 3 is 2.34 bits per heavy atom. The van der Waals surface area contributed by atoms with Crippen molar-refractivity contribution in [2.45, 2.75) is 52.5 Å². The van der Waals surface area contributed by atoms with Gasteiger partial charge in [0, 0.05) is 31.3 Å². The van der Waals surface area contributed by atoms with Crippen LogP contribution in [-0.4, -0.2) is 62.1 Å². The molecule has 1 fully saturated rings. The van der Waals surface area contributed by atoms with E-state index in [4.69, 9.17) is 18.9 Å². The van der Waals surface area contributed by atoms with Crippen molar-refractivity contribution < 1.29 is 33.6 Å². The highest BCUT2D eigenvalue weighted by atomic mass is 16.7. The molecule has 0 aliphatic carbocycles. The quantitative estimate of drug-likeness (QED) is 0.256. The van der Waals surface area contributed by atoms with Gasteiger partial charge in [-0.25, -0.2) is 0 Å². The normalized spacial score (nSPS) is 19.2. The molecule has 0 radical (unpaired) electrons. The third-order valence-electron chi connectivity index (χ3n) is 8.71. The highest BCUT2D eigenvalue weighted by molar-refractivity contribution is 5.94. The van der Waals surface area contributed by atoms with E-state index in [2.05, 4.69) is 38.2 Å². The van der Waals surface area contributed by atoms with Crippen LogP contribution in [0.3, 0.4) is 0 Å². The molecule has 0 bridgehead atoms. The Morgan fingerprint density at radius 1 is 1.00 bits per heavy atom. The van der Waals surface area contributed by atoms with Gasteiger partial charge in [0.05, 0.1) is 19.1 Å². The number of anilines is 1. The van der Waals surface area contributed by atoms with Crippen LogP contribution in [0.2, 0.25) is 0 Å². The Labute approximate surface area is 259 Å². The van der Waals surface area contributed by atoms with Crippen LogP contribution in [0.4, 0.5) is 5.69 Å². The fourth-order valence-corrected chi connectivity index (χ4v) is 6.66. The maximum atomic E-state index is 13.7. The first-order valence-corrected chi connectivity index (χ1v) is 15.3. The topological polar surface area (TPSA) is 107 Å². The van der Waals surface area contributed by atoms with Gasteiger partial charge in [0.1, 0.15) is 12.4 Å². The first kappa shape index (κ1) is 31.3. The van der Waals surface area contributed by atoms with E-state index < -0.39 is 17.9 Å². The van der Waals surface area contributed by atoms with E-state index in [1.807, 2.05) is 48.2 Å². The van der Waals surface area contributed by atoms with Crippen molar-refractivity contribution in [3.8, 4) is 17.2 Å². The molecule has 3 aromatic carbocycles. The molecule has 9 nitrogen and oxygen atoms in total. The lowest BCUT2D eigenvalue weighted by atomic mass is 9.81. The Kier molecular flexibility index (Phi) is 9.76. The number of aryl methyl sites for hydroxylation is 3. The molecule has 1 saturated heterocycles. The molecule has 44 heavy (non-hydrogen) atoms. The number of carbonyl (C=O) groups excluding carboxylic acids is 1. The summed E-state index contributed by atoms with van der Waals surface area (Å²) in [5.74, 6) is -0.301. The second-order valence-electron chi connectivity index (χ2n) is 11.5. The van der Waals surface area contributed by atoms with Gasteiger partial charge in [-0.05, 0) is 72.7 Å². The van der Waals surface area contributed by atoms with Crippen molar-refractivity contribution >= 4 is 17.6 Å². The van der Waals surface area contributed by atoms with Crippen molar-refractivity contribution in [3.63, 3.8) is 0 Å².